The molecular weight excluding hydrogens is 540 g/mol. The smallest absolute Gasteiger partial charge is 0.305 e. The molecule has 2 bridgehead atoms. The monoisotopic (exact) mass is 566 g/mol. The Hall–Kier alpha value is -3.62. The second-order valence-electron chi connectivity index (χ2n) is 11.2. The average molecular weight is 567 g/mol. The number of carbonyl (C=O) groups excluding carboxylic acids is 2. The lowest BCUT2D eigenvalue weighted by atomic mass is 9.68. The van der Waals surface area contributed by atoms with E-state index in [4.69, 9.17) is 4.74 Å². The third-order valence-electron chi connectivity index (χ3n) is 9.43. The molecule has 0 radical (unpaired) electrons. The molecule has 4 aliphatic rings. The molecule has 0 spiro atoms. The van der Waals surface area contributed by atoms with Crippen LogP contribution in [0.15, 0.2) is 88.7 Å². The molecule has 40 heavy (non-hydrogen) atoms. The summed E-state index contributed by atoms with van der Waals surface area (Å²) in [5, 5.41) is 1.11. The summed E-state index contributed by atoms with van der Waals surface area (Å²) < 4.78 is 5.27. The zero-order valence-electron chi connectivity index (χ0n) is 21.7. The normalized spacial score (nSPS) is 29.8. The summed E-state index contributed by atoms with van der Waals surface area (Å²) in [6, 6.07) is 26.1. The molecule has 3 heterocycles. The highest BCUT2D eigenvalue weighted by Crippen LogP contribution is 2.68. The molecule has 5 unspecified atom stereocenters. The molecule has 4 aromatic rings. The fourth-order valence-corrected chi connectivity index (χ4v) is 10.8. The van der Waals surface area contributed by atoms with Crippen LogP contribution in [0.3, 0.4) is 0 Å². The van der Waals surface area contributed by atoms with Gasteiger partial charge in [0.2, 0.25) is 11.8 Å². The summed E-state index contributed by atoms with van der Waals surface area (Å²) in [4.78, 5) is 45.8. The molecular formula is C32H26N2O4S2. The van der Waals surface area contributed by atoms with Gasteiger partial charge < -0.3 is 9.72 Å². The van der Waals surface area contributed by atoms with Crippen LogP contribution in [-0.4, -0.2) is 29.2 Å². The number of anilines is 1. The first-order chi connectivity index (χ1) is 19.5. The number of thioether (sulfide) groups is 1. The Morgan fingerprint density at radius 3 is 2.20 bits per heavy atom. The first-order valence-corrected chi connectivity index (χ1v) is 15.3. The number of rotatable bonds is 4. The first kappa shape index (κ1) is 24.2. The minimum atomic E-state index is -0.315. The van der Waals surface area contributed by atoms with Gasteiger partial charge in [-0.15, -0.1) is 11.8 Å². The van der Waals surface area contributed by atoms with Crippen LogP contribution in [0.2, 0.25) is 0 Å². The van der Waals surface area contributed by atoms with Gasteiger partial charge in [0.15, 0.2) is 0 Å². The number of imide groups is 1. The molecule has 7 atom stereocenters. The number of hydrogen-bond donors (Lipinski definition) is 1. The molecule has 1 saturated heterocycles. The molecule has 1 N–H and O–H groups in total. The number of H-pyrrole nitrogens is 1. The van der Waals surface area contributed by atoms with E-state index >= 15 is 0 Å². The maximum Gasteiger partial charge on any atom is 0.305 e. The second-order valence-corrected chi connectivity index (χ2v) is 13.4. The summed E-state index contributed by atoms with van der Waals surface area (Å²) in [6.45, 7) is 0. The van der Waals surface area contributed by atoms with Crippen molar-refractivity contribution in [1.29, 1.82) is 0 Å². The molecule has 2 aliphatic heterocycles. The zero-order valence-corrected chi connectivity index (χ0v) is 23.3. The zero-order chi connectivity index (χ0) is 27.1. The molecule has 2 saturated carbocycles. The second kappa shape index (κ2) is 8.94. The number of ether oxygens (including phenoxy) is 1. The number of carbonyl (C=O) groups is 2. The van der Waals surface area contributed by atoms with Crippen LogP contribution < -0.4 is 14.5 Å². The van der Waals surface area contributed by atoms with Crippen LogP contribution in [-0.2, 0) is 9.59 Å². The van der Waals surface area contributed by atoms with Crippen molar-refractivity contribution in [3.63, 3.8) is 0 Å². The number of hydrogen-bond acceptors (Lipinski definition) is 6. The molecule has 8 heteroatoms. The van der Waals surface area contributed by atoms with E-state index in [0.29, 0.717) is 11.4 Å². The minimum Gasteiger partial charge on any atom is -0.497 e. The lowest BCUT2D eigenvalue weighted by molar-refractivity contribution is -0.123. The third-order valence-corrected chi connectivity index (χ3v) is 12.0. The highest BCUT2D eigenvalue weighted by atomic mass is 32.2. The van der Waals surface area contributed by atoms with Crippen molar-refractivity contribution in [2.45, 2.75) is 22.6 Å². The fourth-order valence-electron chi connectivity index (χ4n) is 7.89. The van der Waals surface area contributed by atoms with Crippen molar-refractivity contribution in [1.82, 2.24) is 4.98 Å². The number of nitrogens with zero attached hydrogens (tertiary/aromatic N) is 1. The van der Waals surface area contributed by atoms with E-state index in [2.05, 4.69) is 41.4 Å². The SMILES string of the molecule is COc1ccc(N2C(=O)C3C(C2=O)[C@@H]2C[C@H]3C3Sc4[nH]c(=O)sc4C(c4ccc(-c5ccccc5)cc4)C32)cc1. The highest BCUT2D eigenvalue weighted by Gasteiger charge is 2.69. The molecule has 1 aromatic heterocycles. The van der Waals surface area contributed by atoms with E-state index in [9.17, 15) is 14.4 Å². The molecule has 3 aromatic carbocycles. The fraction of sp³-hybridized carbons (Fsp3) is 0.281. The van der Waals surface area contributed by atoms with E-state index in [1.165, 1.54) is 21.8 Å². The molecule has 8 rings (SSSR count). The van der Waals surface area contributed by atoms with E-state index < -0.39 is 0 Å². The molecule has 2 amide bonds. The summed E-state index contributed by atoms with van der Waals surface area (Å²) in [7, 11) is 1.60. The molecule has 3 fully saturated rings. The topological polar surface area (TPSA) is 79.5 Å². The van der Waals surface area contributed by atoms with Crippen molar-refractivity contribution in [3.05, 3.63) is 99.0 Å². The third kappa shape index (κ3) is 3.38. The van der Waals surface area contributed by atoms with E-state index in [0.717, 1.165) is 27.5 Å². The van der Waals surface area contributed by atoms with Gasteiger partial charge in [0.1, 0.15) is 5.75 Å². The van der Waals surface area contributed by atoms with Gasteiger partial charge in [-0.1, -0.05) is 65.9 Å². The Labute approximate surface area is 239 Å². The predicted molar refractivity (Wildman–Crippen MR) is 156 cm³/mol. The van der Waals surface area contributed by atoms with Crippen LogP contribution in [0.25, 0.3) is 11.1 Å². The van der Waals surface area contributed by atoms with Crippen LogP contribution in [0.5, 0.6) is 5.75 Å². The van der Waals surface area contributed by atoms with Crippen LogP contribution in [0.4, 0.5) is 5.69 Å². The lowest BCUT2D eigenvalue weighted by Crippen LogP contribution is -2.42. The van der Waals surface area contributed by atoms with Gasteiger partial charge in [0.05, 0.1) is 29.7 Å². The lowest BCUT2D eigenvalue weighted by Gasteiger charge is -2.43. The average Bonchev–Trinajstić information content (AvgIpc) is 3.72. The van der Waals surface area contributed by atoms with Crippen LogP contribution in [0.1, 0.15) is 22.8 Å². The van der Waals surface area contributed by atoms with Crippen molar-refractivity contribution in [2.24, 2.45) is 29.6 Å². The van der Waals surface area contributed by atoms with Gasteiger partial charge in [0, 0.05) is 16.0 Å². The van der Waals surface area contributed by atoms with Crippen molar-refractivity contribution in [2.75, 3.05) is 12.0 Å². The number of amides is 2. The minimum absolute atomic E-state index is 0.0175. The van der Waals surface area contributed by atoms with E-state index in [1.54, 1.807) is 43.1 Å². The summed E-state index contributed by atoms with van der Waals surface area (Å²) in [5.41, 5.74) is 4.08. The molecule has 200 valence electrons. The largest absolute Gasteiger partial charge is 0.497 e. The Kier molecular flexibility index (Phi) is 5.41. The van der Waals surface area contributed by atoms with Gasteiger partial charge in [-0.2, -0.15) is 0 Å². The van der Waals surface area contributed by atoms with Gasteiger partial charge in [0.25, 0.3) is 0 Å². The van der Waals surface area contributed by atoms with Gasteiger partial charge in [-0.05, 0) is 65.1 Å². The van der Waals surface area contributed by atoms with Crippen molar-refractivity contribution >= 4 is 40.6 Å². The van der Waals surface area contributed by atoms with Crippen molar-refractivity contribution in [3.8, 4) is 16.9 Å². The highest BCUT2D eigenvalue weighted by molar-refractivity contribution is 8.00. The Bertz CT molecular complexity index is 1700. The Balaban J connectivity index is 1.18. The number of methoxy groups -OCH3 is 1. The number of benzene rings is 3. The summed E-state index contributed by atoms with van der Waals surface area (Å²) >= 11 is 3.01. The number of fused-ring (bicyclic) bond motifs is 9. The Morgan fingerprint density at radius 1 is 0.825 bits per heavy atom. The van der Waals surface area contributed by atoms with Gasteiger partial charge >= 0.3 is 4.87 Å². The number of aromatic amines is 1. The maximum absolute atomic E-state index is 13.9. The first-order valence-electron chi connectivity index (χ1n) is 13.6. The number of nitrogens with one attached hydrogen (secondary N) is 1. The molecule has 6 nitrogen and oxygen atoms in total. The van der Waals surface area contributed by atoms with Crippen molar-refractivity contribution < 1.29 is 14.3 Å². The summed E-state index contributed by atoms with van der Waals surface area (Å²) in [6.07, 6.45) is 0.878. The van der Waals surface area contributed by atoms with E-state index in [-0.39, 0.29) is 57.4 Å². The van der Waals surface area contributed by atoms with Gasteiger partial charge in [-0.3, -0.25) is 19.3 Å². The van der Waals surface area contributed by atoms with E-state index in [1.807, 2.05) is 18.2 Å². The van der Waals surface area contributed by atoms with Crippen LogP contribution in [0, 0.1) is 29.6 Å². The molecule has 2 aliphatic carbocycles. The maximum atomic E-state index is 13.9. The van der Waals surface area contributed by atoms with Crippen LogP contribution >= 0.6 is 23.1 Å². The van der Waals surface area contributed by atoms with Gasteiger partial charge in [-0.25, -0.2) is 0 Å². The number of thiazole rings is 1. The quantitative estimate of drug-likeness (QED) is 0.317. The number of aromatic nitrogens is 1. The standard InChI is InChI=1S/C32H26N2O4S2/c1-38-20-13-11-19(12-14-20)34-30(35)25-21-15-22(26(25)31(34)36)27-24(21)23(28-29(39-27)33-32(37)40-28)18-9-7-17(8-10-18)16-5-3-2-4-6-16/h2-14,21-27H,15H2,1H3,(H,33,37)/t21-,22-,23?,24?,25?,26?,27?/m1/s1. The predicted octanol–water partition coefficient (Wildman–Crippen LogP) is 5.79. The summed E-state index contributed by atoms with van der Waals surface area (Å²) in [5.74, 6) is 0.304. The Morgan fingerprint density at radius 2 is 1.50 bits per heavy atom.